The summed E-state index contributed by atoms with van der Waals surface area (Å²) in [5.41, 5.74) is 15.8. The summed E-state index contributed by atoms with van der Waals surface area (Å²) in [6.45, 7) is 1.28. The van der Waals surface area contributed by atoms with Crippen LogP contribution in [-0.2, 0) is 34.3 Å². The highest BCUT2D eigenvalue weighted by Gasteiger charge is 2.55. The van der Waals surface area contributed by atoms with Gasteiger partial charge in [-0.05, 0) is 159 Å². The highest BCUT2D eigenvalue weighted by atomic mass is 16.5. The Morgan fingerprint density at radius 3 is 2.69 bits per heavy atom. The molecule has 5 heterocycles. The minimum Gasteiger partial charge on any atom is -0.508 e. The molecule has 2 aliphatic carbocycles. The van der Waals surface area contributed by atoms with E-state index >= 15 is 0 Å². The van der Waals surface area contributed by atoms with E-state index in [1.54, 1.807) is 18.2 Å². The average molecular weight is 858 g/mol. The third-order valence-corrected chi connectivity index (χ3v) is 15.4. The van der Waals surface area contributed by atoms with E-state index in [0.717, 1.165) is 96.7 Å². The monoisotopic (exact) mass is 857 g/mol. The number of nitrogens with zero attached hydrogens (tertiary/aromatic N) is 1. The van der Waals surface area contributed by atoms with Gasteiger partial charge in [-0.2, -0.15) is 0 Å². The molecule has 11 rings (SSSR count). The lowest BCUT2D eigenvalue weighted by atomic mass is 9.51. The fourth-order valence-corrected chi connectivity index (χ4v) is 12.1. The number of aliphatic hydroxyl groups is 1. The number of ether oxygens (including phenoxy) is 3. The number of aliphatic hydroxyl groups excluding tert-OH is 1. The lowest BCUT2D eigenvalue weighted by molar-refractivity contribution is -0.0894. The van der Waals surface area contributed by atoms with Gasteiger partial charge in [0.1, 0.15) is 18.2 Å². The van der Waals surface area contributed by atoms with Crippen molar-refractivity contribution < 1.29 is 29.5 Å². The van der Waals surface area contributed by atoms with E-state index in [1.165, 1.54) is 22.3 Å². The molecule has 9 nitrogen and oxygen atoms in total. The van der Waals surface area contributed by atoms with Crippen LogP contribution in [0.5, 0.6) is 17.2 Å². The van der Waals surface area contributed by atoms with Crippen LogP contribution < -0.4 is 15.8 Å². The van der Waals surface area contributed by atoms with Crippen LogP contribution in [0.3, 0.4) is 0 Å². The zero-order valence-corrected chi connectivity index (χ0v) is 36.5. The molecule has 6 aliphatic rings. The summed E-state index contributed by atoms with van der Waals surface area (Å²) in [5.74, 6) is 9.98. The van der Waals surface area contributed by atoms with Gasteiger partial charge in [0.2, 0.25) is 0 Å². The van der Waals surface area contributed by atoms with Crippen molar-refractivity contribution in [2.24, 2.45) is 17.6 Å². The fourth-order valence-electron chi connectivity index (χ4n) is 12.1. The molecule has 1 saturated heterocycles. The summed E-state index contributed by atoms with van der Waals surface area (Å²) in [7, 11) is 0. The van der Waals surface area contributed by atoms with Gasteiger partial charge in [-0.3, -0.25) is 0 Å². The van der Waals surface area contributed by atoms with Crippen molar-refractivity contribution in [1.29, 1.82) is 0 Å². The molecular formula is C55H59N3O6. The predicted molar refractivity (Wildman–Crippen MR) is 249 cm³/mol. The van der Waals surface area contributed by atoms with Crippen molar-refractivity contribution in [2.45, 2.75) is 119 Å². The Hall–Kier alpha value is -5.50. The Morgan fingerprint density at radius 2 is 1.78 bits per heavy atom. The first kappa shape index (κ1) is 41.2. The van der Waals surface area contributed by atoms with Crippen LogP contribution >= 0.6 is 0 Å². The summed E-state index contributed by atoms with van der Waals surface area (Å²) in [4.78, 5) is 0. The summed E-state index contributed by atoms with van der Waals surface area (Å²) in [5, 5.41) is 38.3. The molecule has 8 atom stereocenters. The molecule has 1 aromatic heterocycles. The van der Waals surface area contributed by atoms with E-state index in [4.69, 9.17) is 19.9 Å². The van der Waals surface area contributed by atoms with Gasteiger partial charge in [0.15, 0.2) is 11.5 Å². The summed E-state index contributed by atoms with van der Waals surface area (Å²) in [6, 6.07) is 27.0. The van der Waals surface area contributed by atoms with Gasteiger partial charge in [0.05, 0.1) is 31.1 Å². The number of phenolic OH excluding ortho intramolecular Hbond substituents is 2. The minimum absolute atomic E-state index is 0.0972. The second kappa shape index (κ2) is 17.1. The van der Waals surface area contributed by atoms with Crippen molar-refractivity contribution >= 4 is 16.6 Å². The van der Waals surface area contributed by atoms with Gasteiger partial charge in [0, 0.05) is 52.3 Å². The molecule has 6 N–H and O–H groups in total. The molecule has 8 bridgehead atoms. The third-order valence-electron chi connectivity index (χ3n) is 15.4. The van der Waals surface area contributed by atoms with E-state index in [0.29, 0.717) is 50.1 Å². The second-order valence-corrected chi connectivity index (χ2v) is 19.3. The van der Waals surface area contributed by atoms with Gasteiger partial charge in [-0.1, -0.05) is 60.4 Å². The number of hydrogen-bond donors (Lipinski definition) is 5. The van der Waals surface area contributed by atoms with E-state index in [-0.39, 0.29) is 41.6 Å². The number of aromatic nitrogens is 1. The molecular weight excluding hydrogens is 799 g/mol. The molecule has 64 heavy (non-hydrogen) atoms. The zero-order chi connectivity index (χ0) is 43.4. The number of phenols is 2. The highest BCUT2D eigenvalue weighted by Crippen LogP contribution is 2.60. The Balaban J connectivity index is 1.06. The summed E-state index contributed by atoms with van der Waals surface area (Å²) < 4.78 is 22.3. The first-order chi connectivity index (χ1) is 31.3. The van der Waals surface area contributed by atoms with E-state index in [9.17, 15) is 15.3 Å². The molecule has 5 aromatic rings. The van der Waals surface area contributed by atoms with Gasteiger partial charge >= 0.3 is 0 Å². The van der Waals surface area contributed by atoms with Gasteiger partial charge in [-0.25, -0.2) is 0 Å². The maximum absolute atomic E-state index is 11.5. The van der Waals surface area contributed by atoms with Crippen LogP contribution in [0.25, 0.3) is 16.6 Å². The van der Waals surface area contributed by atoms with E-state index < -0.39 is 12.3 Å². The van der Waals surface area contributed by atoms with Crippen molar-refractivity contribution in [3.05, 3.63) is 142 Å². The second-order valence-electron chi connectivity index (χ2n) is 19.3. The van der Waals surface area contributed by atoms with Crippen LogP contribution in [0, 0.1) is 23.7 Å². The Labute approximate surface area is 375 Å². The number of benzene rings is 4. The van der Waals surface area contributed by atoms with Crippen LogP contribution in [0.2, 0.25) is 0 Å². The summed E-state index contributed by atoms with van der Waals surface area (Å²) in [6.07, 6.45) is 15.8. The Morgan fingerprint density at radius 1 is 0.891 bits per heavy atom. The number of hydrogen-bond acceptors (Lipinski definition) is 8. The fraction of sp³-hybridized carbons (Fsp3) is 0.418. The maximum Gasteiger partial charge on any atom is 0.161 e. The minimum atomic E-state index is -0.577. The van der Waals surface area contributed by atoms with Gasteiger partial charge in [0.25, 0.3) is 0 Å². The lowest BCUT2D eigenvalue weighted by Gasteiger charge is -2.56. The van der Waals surface area contributed by atoms with Crippen molar-refractivity contribution in [3.63, 3.8) is 0 Å². The Kier molecular flexibility index (Phi) is 11.0. The van der Waals surface area contributed by atoms with Crippen LogP contribution in [0.4, 0.5) is 0 Å². The molecule has 330 valence electrons. The number of aryl methyl sites for hydroxylation is 2. The molecule has 4 aliphatic heterocycles. The lowest BCUT2D eigenvalue weighted by Crippen LogP contribution is -2.54. The zero-order valence-electron chi connectivity index (χ0n) is 36.5. The highest BCUT2D eigenvalue weighted by molar-refractivity contribution is 5.88. The molecule has 2 fully saturated rings. The van der Waals surface area contributed by atoms with Crippen molar-refractivity contribution in [2.75, 3.05) is 13.2 Å². The Bertz CT molecular complexity index is 2690. The third kappa shape index (κ3) is 7.79. The van der Waals surface area contributed by atoms with Gasteiger partial charge < -0.3 is 45.1 Å². The summed E-state index contributed by atoms with van der Waals surface area (Å²) >= 11 is 0. The molecule has 4 aromatic carbocycles. The molecule has 1 saturated carbocycles. The standard InChI is InChI=1S/C55H59N3O6/c56-53-28-38-15-10-34(8-9-35-11-17-42(59)18-12-35)4-3-5-44-29-43(60)19-13-36-14-20-50(61)52(24-36)64-32-40-26-41(25-39-30-58(31-46(39)40)54(57-53)47(38)33-63-44)55-22-23-62-51-21-16-37(27-49(51)55)45-6-1-2-7-48(45)55/h1-2,6-7,11-12,14,17-18,20,24-26,28,30-31,34,37,43-44,49,51,53,57,59-61H,3-5,8-9,13,16,19,21-23,27,29,32-33,56H2. The molecule has 0 spiro atoms. The number of nitrogens with two attached hydrogens (primary N) is 1. The predicted octanol–water partition coefficient (Wildman–Crippen LogP) is 9.11. The smallest absolute Gasteiger partial charge is 0.161 e. The van der Waals surface area contributed by atoms with Crippen LogP contribution in [0.1, 0.15) is 104 Å². The molecule has 0 radical (unpaired) electrons. The van der Waals surface area contributed by atoms with Crippen molar-refractivity contribution in [3.8, 4) is 29.1 Å². The van der Waals surface area contributed by atoms with E-state index in [2.05, 4.69) is 70.5 Å². The average Bonchev–Trinajstić information content (AvgIpc) is 3.74. The number of rotatable bonds is 4. The van der Waals surface area contributed by atoms with E-state index in [1.807, 2.05) is 30.3 Å². The maximum atomic E-state index is 11.5. The molecule has 8 unspecified atom stereocenters. The largest absolute Gasteiger partial charge is 0.508 e. The van der Waals surface area contributed by atoms with Crippen LogP contribution in [0.15, 0.2) is 108 Å². The number of nitrogens with one attached hydrogen (secondary N) is 1. The number of aromatic hydroxyl groups is 2. The van der Waals surface area contributed by atoms with Crippen molar-refractivity contribution in [1.82, 2.24) is 9.88 Å². The molecule has 9 heteroatoms. The van der Waals surface area contributed by atoms with Crippen LogP contribution in [-0.4, -0.2) is 57.6 Å². The number of fused-ring (bicyclic) bond motifs is 10. The first-order valence-electron chi connectivity index (χ1n) is 23.6. The SMILES string of the molecule is NC1C=C2C#CC(CCc3ccc(O)cc3)CCCC3CC(O)CCc4ccc(O)c(c4)OCc4cc(C56CCOC7CCC(CC75)c5ccccc56)cc5cn(cc45)C(=C2CO3)N1. The number of dihydropyridines is 1. The van der Waals surface area contributed by atoms with Gasteiger partial charge in [-0.15, -0.1) is 0 Å². The molecule has 0 amide bonds. The first-order valence-corrected chi connectivity index (χ1v) is 23.6. The topological polar surface area (TPSA) is 131 Å². The quantitative estimate of drug-likeness (QED) is 0.113. The normalized spacial score (nSPS) is 28.9.